The van der Waals surface area contributed by atoms with Crippen LogP contribution in [0.1, 0.15) is 0 Å². The largest absolute Gasteiger partial charge is 0.493 e. The molecule has 0 fully saturated rings. The number of hydrogen-bond acceptors (Lipinski definition) is 30. The standard InChI is InChI=1S/C104H70Cl4N8O24/c1-121-81-25-49(26-82(122-2)89(81)129-9)57-21-45-13-17-53(33-73(45)137-101(57)117)133-77-41-65-61(37-69(77)105)93-109-97(65)113-94-62-38-70(106)78(134-54-18-14-46-22-58(102(118)138-74(46)34-54)50-27-83(123-3)90(130-10)84(28-50)124-4)42-66(62)99(110-94)115-96-64-40-72(108)80(136-56-20-16-48-24-60(104(120)140-76(48)36-56)52-31-87(127-7)92(132-12)88(32-52)128-8)44-68(64)100(112-96)116-95-63-39-71(107)79(43-67(63)98(111-95)114-93)135-55-19-15-47-23-59(103(119)139-75(47)35-55)51-29-85(125-5)91(131-11)86(30-51)126-6/h13-44H,1-12H3,(H2,109,110,111,112,113,114,115,116). The number of ether oxygens (including phenoxy) is 16. The molecule has 698 valence electrons. The van der Waals surface area contributed by atoms with Crippen LogP contribution in [0.25, 0.3) is 178 Å². The van der Waals surface area contributed by atoms with Gasteiger partial charge in [0.25, 0.3) is 0 Å². The molecule has 0 unspecified atom stereocenters. The summed E-state index contributed by atoms with van der Waals surface area (Å²) in [5.74, 6) is 5.57. The Labute approximate surface area is 809 Å². The minimum atomic E-state index is -0.674. The van der Waals surface area contributed by atoms with E-state index in [-0.39, 0.29) is 157 Å². The number of H-pyrrole nitrogens is 2. The highest BCUT2D eigenvalue weighted by atomic mass is 35.5. The van der Waals surface area contributed by atoms with Crippen LogP contribution in [0.15, 0.2) is 231 Å². The molecule has 12 aromatic carbocycles. The number of nitrogens with one attached hydrogen (secondary N) is 2. The van der Waals surface area contributed by atoms with Crippen LogP contribution in [0.2, 0.25) is 20.1 Å². The summed E-state index contributed by atoms with van der Waals surface area (Å²) in [5.41, 5.74) is 2.67. The smallest absolute Gasteiger partial charge is 0.344 e. The molecule has 8 bridgehead atoms. The van der Waals surface area contributed by atoms with Crippen molar-refractivity contribution >= 4 is 134 Å². The molecule has 21 rings (SSSR count). The zero-order valence-corrected chi connectivity index (χ0v) is 78.5. The van der Waals surface area contributed by atoms with Crippen molar-refractivity contribution < 1.29 is 93.5 Å². The van der Waals surface area contributed by atoms with Crippen molar-refractivity contribution in [3.63, 3.8) is 0 Å². The molecule has 9 heterocycles. The molecular weight excluding hydrogens is 1890 g/mol. The fourth-order valence-electron chi connectivity index (χ4n) is 17.0. The number of benzene rings is 12. The van der Waals surface area contributed by atoms with Gasteiger partial charge >= 0.3 is 22.5 Å². The molecule has 0 saturated carbocycles. The Kier molecular flexibility index (Phi) is 22.8. The first-order valence-corrected chi connectivity index (χ1v) is 43.9. The molecule has 19 aromatic rings. The van der Waals surface area contributed by atoms with Crippen molar-refractivity contribution in [2.24, 2.45) is 0 Å². The van der Waals surface area contributed by atoms with Gasteiger partial charge < -0.3 is 103 Å². The average molecular weight is 1960 g/mol. The highest BCUT2D eigenvalue weighted by Gasteiger charge is 2.31. The summed E-state index contributed by atoms with van der Waals surface area (Å²) in [5, 5.41) is 4.03. The molecule has 2 N–H and O–H groups in total. The minimum absolute atomic E-state index is 0.0622. The third-order valence-corrected chi connectivity index (χ3v) is 24.9. The molecule has 7 aromatic heterocycles. The van der Waals surface area contributed by atoms with Crippen molar-refractivity contribution in [3.8, 4) is 205 Å². The Balaban J connectivity index is 0.734. The SMILES string of the molecule is COc1cc(-c2cc3ccc(Oc4cc5c(cc4Cl)-c4nc-5nc5[nH]c(nc6nc(nc7[nH]c(n4)c4cc(Oc8ccc9cc(-c%10cc(OC)c(OC)c(OC)c%10)c(=O)oc9c8)c(Cl)cc74)-c4cc(Oc7ccc8cc(-c9cc(OC)c(OC)c(OC)c9)c(=O)oc8c7)c(Cl)cc4-6)c4cc(Oc6ccc7cc(-c8cc(OC)c(OC)c(OC)c8)c(=O)oc7c6)c(Cl)cc54)cc3oc2=O)cc(OC)c1OC. The Morgan fingerprint density at radius 1 is 0.221 bits per heavy atom. The normalized spacial score (nSPS) is 11.5. The van der Waals surface area contributed by atoms with Gasteiger partial charge in [0.1, 0.15) is 90.9 Å². The van der Waals surface area contributed by atoms with Gasteiger partial charge in [0.15, 0.2) is 69.3 Å². The number of aromatic amines is 2. The van der Waals surface area contributed by atoms with Gasteiger partial charge in [-0.3, -0.25) is 0 Å². The number of methoxy groups -OCH3 is 12. The van der Waals surface area contributed by atoms with E-state index in [1.165, 1.54) is 85.3 Å². The van der Waals surface area contributed by atoms with E-state index in [4.69, 9.17) is 170 Å². The number of fused-ring (bicyclic) bond motifs is 24. The van der Waals surface area contributed by atoms with E-state index in [0.717, 1.165) is 0 Å². The fraction of sp³-hybridized carbons (Fsp3) is 0.115. The van der Waals surface area contributed by atoms with Gasteiger partial charge in [0.2, 0.25) is 23.0 Å². The lowest BCUT2D eigenvalue weighted by Gasteiger charge is -2.14. The van der Waals surface area contributed by atoms with Crippen LogP contribution < -0.4 is 98.3 Å². The summed E-state index contributed by atoms with van der Waals surface area (Å²) in [6.45, 7) is 0. The van der Waals surface area contributed by atoms with Gasteiger partial charge in [0, 0.05) is 89.6 Å². The van der Waals surface area contributed by atoms with Gasteiger partial charge in [-0.2, -0.15) is 0 Å². The van der Waals surface area contributed by atoms with E-state index in [9.17, 15) is 19.2 Å². The Morgan fingerprint density at radius 3 is 0.664 bits per heavy atom. The molecule has 2 aliphatic rings. The lowest BCUT2D eigenvalue weighted by molar-refractivity contribution is 0.324. The number of hydrogen-bond donors (Lipinski definition) is 2. The van der Waals surface area contributed by atoms with E-state index in [2.05, 4.69) is 9.97 Å². The number of halogens is 4. The van der Waals surface area contributed by atoms with Crippen LogP contribution in [0, 0.1) is 0 Å². The van der Waals surface area contributed by atoms with Crippen molar-refractivity contribution in [3.05, 3.63) is 256 Å². The number of nitrogens with zero attached hydrogens (tertiary/aromatic N) is 6. The molecule has 32 nitrogen and oxygen atoms in total. The first-order chi connectivity index (χ1) is 67.9. The van der Waals surface area contributed by atoms with Crippen LogP contribution in [-0.4, -0.2) is 125 Å². The maximum Gasteiger partial charge on any atom is 0.344 e. The molecule has 0 atom stereocenters. The first kappa shape index (κ1) is 89.3. The van der Waals surface area contributed by atoms with E-state index in [1.54, 1.807) is 194 Å². The molecule has 0 radical (unpaired) electrons. The third kappa shape index (κ3) is 15.8. The van der Waals surface area contributed by atoms with Crippen LogP contribution in [0.4, 0.5) is 0 Å². The van der Waals surface area contributed by atoms with Crippen LogP contribution in [-0.2, 0) is 0 Å². The predicted molar refractivity (Wildman–Crippen MR) is 527 cm³/mol. The lowest BCUT2D eigenvalue weighted by Crippen LogP contribution is -2.04. The average Bonchev–Trinajstić information content (AvgIpc) is 1.59. The number of rotatable bonds is 24. The summed E-state index contributed by atoms with van der Waals surface area (Å²) >= 11 is 29.7. The lowest BCUT2D eigenvalue weighted by atomic mass is 10.0. The van der Waals surface area contributed by atoms with Crippen molar-refractivity contribution in [1.29, 1.82) is 0 Å². The van der Waals surface area contributed by atoms with E-state index >= 15 is 0 Å². The van der Waals surface area contributed by atoms with Gasteiger partial charge in [-0.1, -0.05) is 46.4 Å². The molecule has 0 amide bonds. The molecule has 0 spiro atoms. The molecule has 36 heteroatoms. The topological polar surface area (TPSA) is 377 Å². The second-order valence-electron chi connectivity index (χ2n) is 31.6. The van der Waals surface area contributed by atoms with E-state index < -0.39 is 22.5 Å². The Morgan fingerprint density at radius 2 is 0.436 bits per heavy atom. The summed E-state index contributed by atoms with van der Waals surface area (Å²) < 4.78 is 118. The maximum atomic E-state index is 14.1. The second-order valence-corrected chi connectivity index (χ2v) is 33.2. The fourth-order valence-corrected chi connectivity index (χ4v) is 17.8. The highest BCUT2D eigenvalue weighted by Crippen LogP contribution is 2.51. The second kappa shape index (κ2) is 35.8. The van der Waals surface area contributed by atoms with E-state index in [1.807, 2.05) is 0 Å². The van der Waals surface area contributed by atoms with E-state index in [0.29, 0.717) is 157 Å². The zero-order chi connectivity index (χ0) is 97.1. The maximum absolute atomic E-state index is 14.1. The van der Waals surface area contributed by atoms with Crippen LogP contribution in [0.3, 0.4) is 0 Å². The molecule has 0 aliphatic carbocycles. The molecule has 140 heavy (non-hydrogen) atoms. The highest BCUT2D eigenvalue weighted by molar-refractivity contribution is 6.35. The molecule has 2 aliphatic heterocycles. The van der Waals surface area contributed by atoms with Crippen molar-refractivity contribution in [2.45, 2.75) is 0 Å². The minimum Gasteiger partial charge on any atom is -0.493 e. The summed E-state index contributed by atoms with van der Waals surface area (Å²) in [4.78, 5) is 94.9. The Hall–Kier alpha value is -17.2. The summed E-state index contributed by atoms with van der Waals surface area (Å²) in [7, 11) is 17.7. The number of aromatic nitrogens is 8. The summed E-state index contributed by atoms with van der Waals surface area (Å²) in [6, 6.07) is 52.9. The quantitative estimate of drug-likeness (QED) is 0.0531. The predicted octanol–water partition coefficient (Wildman–Crippen LogP) is 23.8. The van der Waals surface area contributed by atoms with Gasteiger partial charge in [-0.05, 0) is 192 Å². The van der Waals surface area contributed by atoms with Gasteiger partial charge in [-0.25, -0.2) is 49.1 Å². The monoisotopic (exact) mass is 1950 g/mol. The Bertz CT molecular complexity index is 8360. The molecule has 0 saturated heterocycles. The first-order valence-electron chi connectivity index (χ1n) is 42.4. The third-order valence-electron chi connectivity index (χ3n) is 23.7. The van der Waals surface area contributed by atoms with Crippen molar-refractivity contribution in [1.82, 2.24) is 39.9 Å². The molecular formula is C104H70Cl4N8O24. The zero-order valence-electron chi connectivity index (χ0n) is 75.5. The van der Waals surface area contributed by atoms with Crippen molar-refractivity contribution in [2.75, 3.05) is 85.3 Å². The van der Waals surface area contributed by atoms with Gasteiger partial charge in [-0.15, -0.1) is 0 Å². The summed E-state index contributed by atoms with van der Waals surface area (Å²) in [6.07, 6.45) is 0. The van der Waals surface area contributed by atoms with Crippen LogP contribution >= 0.6 is 46.4 Å². The van der Waals surface area contributed by atoms with Crippen LogP contribution in [0.5, 0.6) is 115 Å². The van der Waals surface area contributed by atoms with Gasteiger partial charge in [0.05, 0.1) is 128 Å².